The Morgan fingerprint density at radius 2 is 1.83 bits per heavy atom. The van der Waals surface area contributed by atoms with Crippen molar-refractivity contribution in [2.75, 3.05) is 37.1 Å². The topological polar surface area (TPSA) is 61.9 Å². The summed E-state index contributed by atoms with van der Waals surface area (Å²) in [6.07, 6.45) is 1.75. The predicted octanol–water partition coefficient (Wildman–Crippen LogP) is 5.30. The zero-order valence-corrected chi connectivity index (χ0v) is 18.7. The molecule has 1 N–H and O–H groups in total. The molecule has 0 bridgehead atoms. The summed E-state index contributed by atoms with van der Waals surface area (Å²) in [6.45, 7) is 6.11. The lowest BCUT2D eigenvalue weighted by Gasteiger charge is -2.20. The number of rotatable bonds is 8. The van der Waals surface area contributed by atoms with E-state index in [-0.39, 0.29) is 17.8 Å². The Labute approximate surface area is 185 Å². The number of halogens is 1. The summed E-state index contributed by atoms with van der Waals surface area (Å²) in [5.41, 5.74) is 2.62. The molecule has 0 aliphatic carbocycles. The number of nitrogens with one attached hydrogen (secondary N) is 1. The van der Waals surface area contributed by atoms with Gasteiger partial charge in [-0.05, 0) is 67.6 Å². The van der Waals surface area contributed by atoms with E-state index in [4.69, 9.17) is 16.3 Å². The van der Waals surface area contributed by atoms with Crippen LogP contribution in [0.5, 0.6) is 5.75 Å². The summed E-state index contributed by atoms with van der Waals surface area (Å²) in [7, 11) is 1.54. The van der Waals surface area contributed by atoms with Crippen molar-refractivity contribution in [1.82, 2.24) is 4.90 Å². The number of methoxy groups -OCH3 is 1. The van der Waals surface area contributed by atoms with Crippen LogP contribution in [0.4, 0.5) is 16.2 Å². The number of thioether (sulfide) groups is 1. The second-order valence-electron chi connectivity index (χ2n) is 6.55. The van der Waals surface area contributed by atoms with Crippen LogP contribution in [0.1, 0.15) is 19.4 Å². The van der Waals surface area contributed by atoms with Crippen LogP contribution in [0, 0.1) is 0 Å². The molecule has 1 fully saturated rings. The molecular formula is C22H24ClN3O3S. The molecule has 0 aromatic heterocycles. The minimum absolute atomic E-state index is 0.0274. The molecule has 1 aliphatic rings. The minimum atomic E-state index is -0.327. The zero-order chi connectivity index (χ0) is 21.7. The lowest BCUT2D eigenvalue weighted by atomic mass is 10.1. The molecule has 30 heavy (non-hydrogen) atoms. The van der Waals surface area contributed by atoms with Gasteiger partial charge in [0, 0.05) is 23.8 Å². The van der Waals surface area contributed by atoms with Gasteiger partial charge in [-0.15, -0.1) is 0 Å². The van der Waals surface area contributed by atoms with Crippen LogP contribution in [0.3, 0.4) is 0 Å². The first-order valence-corrected chi connectivity index (χ1v) is 10.8. The largest absolute Gasteiger partial charge is 0.495 e. The van der Waals surface area contributed by atoms with Gasteiger partial charge in [0.25, 0.3) is 11.1 Å². The Bertz CT molecular complexity index is 959. The van der Waals surface area contributed by atoms with Gasteiger partial charge in [0.15, 0.2) is 0 Å². The number of hydrogen-bond donors (Lipinski definition) is 1. The number of hydrogen-bond acceptors (Lipinski definition) is 6. The summed E-state index contributed by atoms with van der Waals surface area (Å²) in [6, 6.07) is 13.1. The van der Waals surface area contributed by atoms with E-state index < -0.39 is 0 Å². The van der Waals surface area contributed by atoms with Crippen LogP contribution >= 0.6 is 23.4 Å². The number of carbonyl (C=O) groups is 2. The van der Waals surface area contributed by atoms with Gasteiger partial charge in [-0.3, -0.25) is 14.5 Å². The second kappa shape index (κ2) is 9.91. The molecule has 1 aliphatic heterocycles. The molecule has 0 atom stereocenters. The first kappa shape index (κ1) is 22.1. The van der Waals surface area contributed by atoms with Gasteiger partial charge in [0.05, 0.1) is 24.4 Å². The van der Waals surface area contributed by atoms with Crippen LogP contribution in [0.2, 0.25) is 5.02 Å². The molecule has 8 heteroatoms. The van der Waals surface area contributed by atoms with Crippen molar-refractivity contribution in [3.05, 3.63) is 58.0 Å². The maximum absolute atomic E-state index is 12.7. The van der Waals surface area contributed by atoms with Gasteiger partial charge in [-0.1, -0.05) is 23.7 Å². The number of ether oxygens (including phenoxy) is 1. The number of imide groups is 1. The molecule has 0 unspecified atom stereocenters. The van der Waals surface area contributed by atoms with E-state index in [9.17, 15) is 9.59 Å². The summed E-state index contributed by atoms with van der Waals surface area (Å²) >= 11 is 6.97. The van der Waals surface area contributed by atoms with Crippen molar-refractivity contribution < 1.29 is 14.3 Å². The molecule has 2 aromatic rings. The summed E-state index contributed by atoms with van der Waals surface area (Å²) in [5.74, 6) is 0.251. The van der Waals surface area contributed by atoms with Gasteiger partial charge in [-0.2, -0.15) is 0 Å². The van der Waals surface area contributed by atoms with E-state index in [0.29, 0.717) is 21.4 Å². The van der Waals surface area contributed by atoms with Crippen molar-refractivity contribution in [2.24, 2.45) is 0 Å². The van der Waals surface area contributed by atoms with E-state index >= 15 is 0 Å². The molecule has 1 saturated heterocycles. The third kappa shape index (κ3) is 4.91. The lowest BCUT2D eigenvalue weighted by Crippen LogP contribution is -2.33. The minimum Gasteiger partial charge on any atom is -0.495 e. The Balaban J connectivity index is 1.71. The zero-order valence-electron chi connectivity index (χ0n) is 17.1. The highest BCUT2D eigenvalue weighted by Crippen LogP contribution is 2.33. The molecule has 1 heterocycles. The number of anilines is 2. The first-order chi connectivity index (χ1) is 14.5. The van der Waals surface area contributed by atoms with Crippen LogP contribution in [0.15, 0.2) is 47.4 Å². The van der Waals surface area contributed by atoms with E-state index in [1.165, 1.54) is 4.90 Å². The van der Waals surface area contributed by atoms with Crippen molar-refractivity contribution >= 4 is 52.0 Å². The third-order valence-electron chi connectivity index (χ3n) is 4.78. The van der Waals surface area contributed by atoms with Crippen LogP contribution in [0.25, 0.3) is 6.08 Å². The number of benzene rings is 2. The number of amides is 2. The standard InChI is InChI=1S/C22H24ClN3O3S/c1-4-25(5-2)17-9-6-15(7-10-17)12-20-21(27)26(22(28)30-20)14-24-18-13-16(23)8-11-19(18)29-3/h6-13,24H,4-5,14H2,1-3H3. The fourth-order valence-corrected chi connectivity index (χ4v) is 4.15. The number of nitrogens with zero attached hydrogens (tertiary/aromatic N) is 2. The van der Waals surface area contributed by atoms with E-state index in [1.807, 2.05) is 24.3 Å². The fraction of sp³-hybridized carbons (Fsp3) is 0.273. The van der Waals surface area contributed by atoms with Crippen LogP contribution < -0.4 is 15.0 Å². The second-order valence-corrected chi connectivity index (χ2v) is 7.98. The van der Waals surface area contributed by atoms with Crippen LogP contribution in [-0.4, -0.2) is 42.9 Å². The molecule has 158 valence electrons. The van der Waals surface area contributed by atoms with Gasteiger partial charge in [0.2, 0.25) is 0 Å². The SMILES string of the molecule is CCN(CC)c1ccc(C=C2SC(=O)N(CNc3cc(Cl)ccc3OC)C2=O)cc1. The maximum atomic E-state index is 12.7. The average Bonchev–Trinajstić information content (AvgIpc) is 3.01. The number of carbonyl (C=O) groups excluding carboxylic acids is 2. The quantitative estimate of drug-likeness (QED) is 0.556. The van der Waals surface area contributed by atoms with Gasteiger partial charge in [-0.25, -0.2) is 0 Å². The highest BCUT2D eigenvalue weighted by molar-refractivity contribution is 8.18. The molecule has 3 rings (SSSR count). The molecular weight excluding hydrogens is 422 g/mol. The Kier molecular flexibility index (Phi) is 7.29. The van der Waals surface area contributed by atoms with Crippen molar-refractivity contribution in [2.45, 2.75) is 13.8 Å². The molecule has 6 nitrogen and oxygen atoms in total. The first-order valence-electron chi connectivity index (χ1n) is 9.64. The lowest BCUT2D eigenvalue weighted by molar-refractivity contribution is -0.122. The van der Waals surface area contributed by atoms with E-state index in [2.05, 4.69) is 24.1 Å². The Morgan fingerprint density at radius 1 is 1.13 bits per heavy atom. The predicted molar refractivity (Wildman–Crippen MR) is 124 cm³/mol. The van der Waals surface area contributed by atoms with E-state index in [0.717, 1.165) is 36.1 Å². The Hall–Kier alpha value is -2.64. The molecule has 0 spiro atoms. The fourth-order valence-electron chi connectivity index (χ4n) is 3.14. The van der Waals surface area contributed by atoms with Gasteiger partial charge in [0.1, 0.15) is 5.75 Å². The monoisotopic (exact) mass is 445 g/mol. The van der Waals surface area contributed by atoms with Crippen molar-refractivity contribution in [3.8, 4) is 5.75 Å². The van der Waals surface area contributed by atoms with Crippen molar-refractivity contribution in [1.29, 1.82) is 0 Å². The maximum Gasteiger partial charge on any atom is 0.295 e. The van der Waals surface area contributed by atoms with Crippen LogP contribution in [-0.2, 0) is 4.79 Å². The normalized spacial score (nSPS) is 15.1. The smallest absolute Gasteiger partial charge is 0.295 e. The molecule has 2 amide bonds. The Morgan fingerprint density at radius 3 is 2.47 bits per heavy atom. The summed E-state index contributed by atoms with van der Waals surface area (Å²) in [4.78, 5) is 28.9. The van der Waals surface area contributed by atoms with E-state index in [1.54, 1.807) is 31.4 Å². The molecule has 0 saturated carbocycles. The van der Waals surface area contributed by atoms with Crippen molar-refractivity contribution in [3.63, 3.8) is 0 Å². The summed E-state index contributed by atoms with van der Waals surface area (Å²) < 4.78 is 5.28. The van der Waals surface area contributed by atoms with Gasteiger partial charge >= 0.3 is 0 Å². The average molecular weight is 446 g/mol. The highest BCUT2D eigenvalue weighted by atomic mass is 35.5. The summed E-state index contributed by atoms with van der Waals surface area (Å²) in [5, 5.41) is 3.26. The molecule has 2 aromatic carbocycles. The highest BCUT2D eigenvalue weighted by Gasteiger charge is 2.34. The third-order valence-corrected chi connectivity index (χ3v) is 5.92. The molecule has 0 radical (unpaired) electrons. The van der Waals surface area contributed by atoms with Gasteiger partial charge < -0.3 is 15.0 Å².